The minimum Gasteiger partial charge on any atom is -0.298 e. The zero-order valence-electron chi connectivity index (χ0n) is 16.9. The molecular weight excluding hydrogens is 364 g/mol. The van der Waals surface area contributed by atoms with E-state index in [1.807, 2.05) is 27.7 Å². The lowest BCUT2D eigenvalue weighted by molar-refractivity contribution is -0.142. The summed E-state index contributed by atoms with van der Waals surface area (Å²) in [5.41, 5.74) is 3.92. The largest absolute Gasteiger partial charge is 0.298 e. The highest BCUT2D eigenvalue weighted by atomic mass is 32.2. The third kappa shape index (κ3) is 3.91. The standard InChI is InChI=1S/C21H28O5S/c1-7-8-16(22)20-17(23)9-15(10-18(20)24)19-13(4)11(2)12(3)14(5)21(19)27(6,25)26/h15,20H,7-10H2,1-6H3. The van der Waals surface area contributed by atoms with E-state index in [1.54, 1.807) is 6.92 Å². The van der Waals surface area contributed by atoms with Gasteiger partial charge in [0.2, 0.25) is 0 Å². The van der Waals surface area contributed by atoms with Gasteiger partial charge in [0.1, 0.15) is 5.92 Å². The highest BCUT2D eigenvalue weighted by molar-refractivity contribution is 7.90. The van der Waals surface area contributed by atoms with Crippen molar-refractivity contribution in [2.24, 2.45) is 5.92 Å². The summed E-state index contributed by atoms with van der Waals surface area (Å²) in [6.07, 6.45) is 2.01. The number of hydrogen-bond acceptors (Lipinski definition) is 5. The summed E-state index contributed by atoms with van der Waals surface area (Å²) in [6.45, 7) is 9.24. The fourth-order valence-corrected chi connectivity index (χ4v) is 5.63. The average molecular weight is 393 g/mol. The van der Waals surface area contributed by atoms with Crippen molar-refractivity contribution in [1.29, 1.82) is 0 Å². The van der Waals surface area contributed by atoms with Crippen molar-refractivity contribution < 1.29 is 22.8 Å². The van der Waals surface area contributed by atoms with Crippen molar-refractivity contribution in [3.05, 3.63) is 27.8 Å². The van der Waals surface area contributed by atoms with Gasteiger partial charge in [-0.25, -0.2) is 8.42 Å². The molecule has 5 nitrogen and oxygen atoms in total. The molecule has 1 aliphatic rings. The molecule has 0 saturated heterocycles. The van der Waals surface area contributed by atoms with Gasteiger partial charge < -0.3 is 0 Å². The highest BCUT2D eigenvalue weighted by Crippen LogP contribution is 2.41. The van der Waals surface area contributed by atoms with Crippen molar-refractivity contribution in [1.82, 2.24) is 0 Å². The Kier molecular flexibility index (Phi) is 6.10. The topological polar surface area (TPSA) is 85.3 Å². The summed E-state index contributed by atoms with van der Waals surface area (Å²) in [4.78, 5) is 37.6. The molecule has 0 bridgehead atoms. The number of benzene rings is 1. The highest BCUT2D eigenvalue weighted by Gasteiger charge is 2.41. The molecule has 1 saturated carbocycles. The SMILES string of the molecule is CCCC(=O)C1C(=O)CC(c2c(C)c(C)c(C)c(C)c2S(C)(=O)=O)CC1=O. The minimum atomic E-state index is -3.54. The Hall–Kier alpha value is -1.82. The lowest BCUT2D eigenvalue weighted by Crippen LogP contribution is -2.38. The van der Waals surface area contributed by atoms with E-state index in [-0.39, 0.29) is 41.5 Å². The lowest BCUT2D eigenvalue weighted by Gasteiger charge is -2.30. The van der Waals surface area contributed by atoms with Crippen LogP contribution in [0, 0.1) is 33.6 Å². The Morgan fingerprint density at radius 1 is 0.926 bits per heavy atom. The number of rotatable bonds is 5. The Balaban J connectivity index is 2.59. The van der Waals surface area contributed by atoms with E-state index < -0.39 is 21.7 Å². The summed E-state index contributed by atoms with van der Waals surface area (Å²) < 4.78 is 25.1. The average Bonchev–Trinajstić information content (AvgIpc) is 2.54. The molecule has 0 aliphatic heterocycles. The van der Waals surface area contributed by atoms with Gasteiger partial charge in [0.25, 0.3) is 0 Å². The molecule has 148 valence electrons. The van der Waals surface area contributed by atoms with Gasteiger partial charge in [-0.05, 0) is 67.9 Å². The van der Waals surface area contributed by atoms with E-state index in [4.69, 9.17) is 0 Å². The molecule has 0 aromatic heterocycles. The smallest absolute Gasteiger partial charge is 0.176 e. The monoisotopic (exact) mass is 392 g/mol. The van der Waals surface area contributed by atoms with Crippen LogP contribution in [0.4, 0.5) is 0 Å². The van der Waals surface area contributed by atoms with E-state index in [9.17, 15) is 22.8 Å². The van der Waals surface area contributed by atoms with Gasteiger partial charge in [0.15, 0.2) is 27.2 Å². The molecule has 0 N–H and O–H groups in total. The van der Waals surface area contributed by atoms with Gasteiger partial charge in [-0.3, -0.25) is 14.4 Å². The summed E-state index contributed by atoms with van der Waals surface area (Å²) in [5, 5.41) is 0. The van der Waals surface area contributed by atoms with Crippen LogP contribution in [-0.4, -0.2) is 32.0 Å². The van der Waals surface area contributed by atoms with Gasteiger partial charge in [-0.15, -0.1) is 0 Å². The predicted molar refractivity (Wildman–Crippen MR) is 104 cm³/mol. The molecule has 0 atom stereocenters. The maximum Gasteiger partial charge on any atom is 0.176 e. The van der Waals surface area contributed by atoms with Crippen LogP contribution in [0.5, 0.6) is 0 Å². The fourth-order valence-electron chi connectivity index (χ4n) is 4.20. The zero-order chi connectivity index (χ0) is 20.7. The molecule has 0 amide bonds. The molecule has 0 heterocycles. The number of ketones is 3. The number of Topliss-reactive ketones (excluding diaryl/α,β-unsaturated/α-hetero) is 3. The van der Waals surface area contributed by atoms with Gasteiger partial charge in [-0.2, -0.15) is 0 Å². The molecular formula is C21H28O5S. The zero-order valence-corrected chi connectivity index (χ0v) is 17.7. The molecule has 6 heteroatoms. The van der Waals surface area contributed by atoms with E-state index in [0.29, 0.717) is 17.5 Å². The van der Waals surface area contributed by atoms with Crippen molar-refractivity contribution in [3.8, 4) is 0 Å². The molecule has 1 aromatic carbocycles. The number of hydrogen-bond donors (Lipinski definition) is 0. The van der Waals surface area contributed by atoms with Crippen LogP contribution >= 0.6 is 0 Å². The maximum absolute atomic E-state index is 12.6. The Bertz CT molecular complexity index is 907. The summed E-state index contributed by atoms with van der Waals surface area (Å²) in [7, 11) is -3.54. The van der Waals surface area contributed by atoms with Crippen molar-refractivity contribution in [2.75, 3.05) is 6.26 Å². The number of sulfone groups is 1. The van der Waals surface area contributed by atoms with E-state index in [0.717, 1.165) is 22.9 Å². The lowest BCUT2D eigenvalue weighted by atomic mass is 9.73. The third-order valence-corrected chi connectivity index (χ3v) is 7.08. The molecule has 0 spiro atoms. The summed E-state index contributed by atoms with van der Waals surface area (Å²) >= 11 is 0. The number of carbonyl (C=O) groups excluding carboxylic acids is 3. The number of carbonyl (C=O) groups is 3. The first kappa shape index (κ1) is 21.5. The first-order valence-electron chi connectivity index (χ1n) is 9.30. The first-order valence-corrected chi connectivity index (χ1v) is 11.2. The molecule has 0 unspecified atom stereocenters. The van der Waals surface area contributed by atoms with Crippen LogP contribution in [0.1, 0.15) is 66.3 Å². The third-order valence-electron chi connectivity index (χ3n) is 5.81. The van der Waals surface area contributed by atoms with Gasteiger partial charge >= 0.3 is 0 Å². The van der Waals surface area contributed by atoms with Crippen molar-refractivity contribution >= 4 is 27.2 Å². The molecule has 1 fully saturated rings. The second-order valence-electron chi connectivity index (χ2n) is 7.70. The van der Waals surface area contributed by atoms with Gasteiger partial charge in [0.05, 0.1) is 4.90 Å². The van der Waals surface area contributed by atoms with E-state index in [2.05, 4.69) is 0 Å². The van der Waals surface area contributed by atoms with E-state index in [1.165, 1.54) is 0 Å². The minimum absolute atomic E-state index is 0.0250. The van der Waals surface area contributed by atoms with Gasteiger partial charge in [-0.1, -0.05) is 6.92 Å². The Morgan fingerprint density at radius 2 is 1.41 bits per heavy atom. The van der Waals surface area contributed by atoms with Crippen molar-refractivity contribution in [3.63, 3.8) is 0 Å². The second-order valence-corrected chi connectivity index (χ2v) is 9.65. The predicted octanol–water partition coefficient (Wildman–Crippen LogP) is 3.32. The van der Waals surface area contributed by atoms with Crippen LogP contribution in [0.15, 0.2) is 4.90 Å². The molecule has 2 rings (SSSR count). The van der Waals surface area contributed by atoms with Crippen LogP contribution in [-0.2, 0) is 24.2 Å². The maximum atomic E-state index is 12.6. The van der Waals surface area contributed by atoms with Crippen LogP contribution in [0.2, 0.25) is 0 Å². The van der Waals surface area contributed by atoms with Crippen molar-refractivity contribution in [2.45, 2.75) is 71.1 Å². The molecule has 1 aromatic rings. The Labute approximate surface area is 161 Å². The quantitative estimate of drug-likeness (QED) is 0.718. The van der Waals surface area contributed by atoms with E-state index >= 15 is 0 Å². The summed E-state index contributed by atoms with van der Waals surface area (Å²) in [6, 6.07) is 0. The van der Waals surface area contributed by atoms with Crippen LogP contribution in [0.25, 0.3) is 0 Å². The summed E-state index contributed by atoms with van der Waals surface area (Å²) in [5.74, 6) is -2.76. The molecule has 0 radical (unpaired) electrons. The van der Waals surface area contributed by atoms with Gasteiger partial charge in [0, 0.05) is 25.5 Å². The Morgan fingerprint density at radius 3 is 1.85 bits per heavy atom. The molecule has 1 aliphatic carbocycles. The fraction of sp³-hybridized carbons (Fsp3) is 0.571. The normalized spacial score (nSPS) is 20.8. The second kappa shape index (κ2) is 7.66. The first-order chi connectivity index (χ1) is 12.4. The van der Waals surface area contributed by atoms with Crippen LogP contribution in [0.3, 0.4) is 0 Å². The van der Waals surface area contributed by atoms with Crippen LogP contribution < -0.4 is 0 Å². The molecule has 27 heavy (non-hydrogen) atoms.